The number of hydrogen-bond acceptors (Lipinski definition) is 5. The minimum absolute atomic E-state index is 0.0446. The highest BCUT2D eigenvalue weighted by Crippen LogP contribution is 2.30. The van der Waals surface area contributed by atoms with Gasteiger partial charge in [-0.1, -0.05) is 6.07 Å². The number of ether oxygens (including phenoxy) is 1. The molecule has 176 valence electrons. The summed E-state index contributed by atoms with van der Waals surface area (Å²) in [5.41, 5.74) is 4.48. The van der Waals surface area contributed by atoms with Gasteiger partial charge >= 0.3 is 6.09 Å². The maximum Gasteiger partial charge on any atom is 0.410 e. The van der Waals surface area contributed by atoms with Crippen molar-refractivity contribution in [1.29, 1.82) is 0 Å². The first kappa shape index (κ1) is 20.2. The molecule has 0 aliphatic carbocycles. The largest absolute Gasteiger partial charge is 0.444 e. The molecular weight excluding hydrogens is 452 g/mol. The monoisotopic (exact) mass is 480 g/mol. The minimum Gasteiger partial charge on any atom is -0.444 e. The van der Waals surface area contributed by atoms with Crippen molar-refractivity contribution in [3.63, 3.8) is 0 Å². The molecule has 0 aliphatic heterocycles. The van der Waals surface area contributed by atoms with Gasteiger partial charge in [0.25, 0.3) is 10.0 Å². The molecule has 1 heterocycles. The van der Waals surface area contributed by atoms with Gasteiger partial charge in [-0.05, 0) is 62.7 Å². The Labute approximate surface area is 195 Å². The highest BCUT2D eigenvalue weighted by atomic mass is 32.2. The van der Waals surface area contributed by atoms with E-state index in [1.165, 1.54) is 30.3 Å². The first-order valence-electron chi connectivity index (χ1n) is 11.3. The minimum atomic E-state index is -4.37. The number of halogens is 2. The van der Waals surface area contributed by atoms with Gasteiger partial charge < -0.3 is 15.4 Å². The standard InChI is InChI=1S/C23H25F2N3O4S/c1-23(2,3)32-22(29)27(4)13-15-10-21(19-9-8-16(24)11-20(19)25)28(14-15)33(30,31)18-7-5-6-17(26)12-18/h5-12,14H,13,26H2,1-4H3/i4D3. The molecule has 33 heavy (non-hydrogen) atoms. The second kappa shape index (κ2) is 8.86. The highest BCUT2D eigenvalue weighted by molar-refractivity contribution is 7.90. The van der Waals surface area contributed by atoms with E-state index in [4.69, 9.17) is 14.6 Å². The number of hydrogen-bond donors (Lipinski definition) is 1. The summed E-state index contributed by atoms with van der Waals surface area (Å²) in [4.78, 5) is 12.9. The lowest BCUT2D eigenvalue weighted by Gasteiger charge is -2.24. The first-order chi connectivity index (χ1) is 16.5. The van der Waals surface area contributed by atoms with E-state index in [1.54, 1.807) is 20.8 Å². The lowest BCUT2D eigenvalue weighted by atomic mass is 10.1. The summed E-state index contributed by atoms with van der Waals surface area (Å²) in [6, 6.07) is 9.21. The predicted octanol–water partition coefficient (Wildman–Crippen LogP) is 4.62. The lowest BCUT2D eigenvalue weighted by Crippen LogP contribution is -2.33. The van der Waals surface area contributed by atoms with E-state index in [0.717, 1.165) is 22.3 Å². The molecule has 10 heteroatoms. The van der Waals surface area contributed by atoms with E-state index < -0.39 is 46.9 Å². The molecule has 0 saturated heterocycles. The fourth-order valence-electron chi connectivity index (χ4n) is 3.03. The van der Waals surface area contributed by atoms with Crippen LogP contribution in [-0.4, -0.2) is 36.0 Å². The molecular formula is C23H25F2N3O4S. The number of nitrogen functional groups attached to an aromatic ring is 1. The van der Waals surface area contributed by atoms with Crippen LogP contribution in [0.1, 0.15) is 30.4 Å². The second-order valence-electron chi connectivity index (χ2n) is 8.30. The van der Waals surface area contributed by atoms with Crippen LogP contribution in [0.25, 0.3) is 11.3 Å². The maximum absolute atomic E-state index is 14.7. The van der Waals surface area contributed by atoms with Crippen LogP contribution in [0, 0.1) is 11.6 Å². The molecule has 1 aromatic heterocycles. The number of nitrogens with two attached hydrogens (primary N) is 1. The Balaban J connectivity index is 2.18. The summed E-state index contributed by atoms with van der Waals surface area (Å²) in [5.74, 6) is -1.91. The van der Waals surface area contributed by atoms with Crippen molar-refractivity contribution < 1.29 is 30.8 Å². The van der Waals surface area contributed by atoms with Crippen molar-refractivity contribution in [2.75, 3.05) is 12.7 Å². The molecule has 3 aromatic rings. The van der Waals surface area contributed by atoms with Crippen molar-refractivity contribution in [2.45, 2.75) is 37.8 Å². The normalized spacial score (nSPS) is 13.7. The smallest absolute Gasteiger partial charge is 0.410 e. The van der Waals surface area contributed by atoms with Gasteiger partial charge in [0.15, 0.2) is 0 Å². The number of anilines is 1. The number of aromatic nitrogens is 1. The topological polar surface area (TPSA) is 94.6 Å². The third-order valence-corrected chi connectivity index (χ3v) is 6.09. The summed E-state index contributed by atoms with van der Waals surface area (Å²) >= 11 is 0. The van der Waals surface area contributed by atoms with E-state index in [9.17, 15) is 22.0 Å². The summed E-state index contributed by atoms with van der Waals surface area (Å²) in [6.45, 7) is 1.17. The Morgan fingerprint density at radius 1 is 1.18 bits per heavy atom. The Kier molecular flexibility index (Phi) is 5.43. The maximum atomic E-state index is 14.7. The average Bonchev–Trinajstić information content (AvgIpc) is 3.14. The van der Waals surface area contributed by atoms with Gasteiger partial charge in [0.05, 0.1) is 17.1 Å². The molecule has 0 spiro atoms. The third-order valence-electron chi connectivity index (χ3n) is 4.42. The molecule has 0 fully saturated rings. The summed E-state index contributed by atoms with van der Waals surface area (Å²) in [6.07, 6.45) is -0.0804. The average molecular weight is 481 g/mol. The molecule has 0 bridgehead atoms. The zero-order valence-corrected chi connectivity index (χ0v) is 19.0. The quantitative estimate of drug-likeness (QED) is 0.538. The van der Waals surface area contributed by atoms with Crippen LogP contribution >= 0.6 is 0 Å². The van der Waals surface area contributed by atoms with Crippen LogP contribution in [0.3, 0.4) is 0 Å². The molecule has 0 saturated carbocycles. The number of rotatable bonds is 5. The van der Waals surface area contributed by atoms with Gasteiger partial charge in [0.1, 0.15) is 17.2 Å². The number of amides is 1. The number of carbonyl (C=O) groups excluding carboxylic acids is 1. The summed E-state index contributed by atoms with van der Waals surface area (Å²) in [7, 11) is -4.37. The molecule has 2 aromatic carbocycles. The molecule has 0 unspecified atom stereocenters. The van der Waals surface area contributed by atoms with Crippen LogP contribution in [0.2, 0.25) is 0 Å². The van der Waals surface area contributed by atoms with Crippen LogP contribution in [0.15, 0.2) is 59.6 Å². The predicted molar refractivity (Wildman–Crippen MR) is 121 cm³/mol. The summed E-state index contributed by atoms with van der Waals surface area (Å²) < 4.78 is 84.4. The van der Waals surface area contributed by atoms with Crippen molar-refractivity contribution in [3.8, 4) is 11.3 Å². The number of nitrogens with zero attached hydrogens (tertiary/aromatic N) is 2. The van der Waals surface area contributed by atoms with E-state index in [1.807, 2.05) is 0 Å². The van der Waals surface area contributed by atoms with E-state index in [0.29, 0.717) is 11.0 Å². The van der Waals surface area contributed by atoms with Crippen molar-refractivity contribution in [3.05, 3.63) is 71.9 Å². The Morgan fingerprint density at radius 2 is 1.91 bits per heavy atom. The molecule has 0 radical (unpaired) electrons. The Bertz CT molecular complexity index is 1400. The van der Waals surface area contributed by atoms with Gasteiger partial charge in [-0.15, -0.1) is 0 Å². The zero-order chi connectivity index (χ0) is 27.1. The number of carbonyl (C=O) groups is 1. The van der Waals surface area contributed by atoms with Crippen molar-refractivity contribution in [2.24, 2.45) is 0 Å². The number of benzene rings is 2. The first-order valence-corrected chi connectivity index (χ1v) is 11.2. The molecule has 2 N–H and O–H groups in total. The molecule has 7 nitrogen and oxygen atoms in total. The fraction of sp³-hybridized carbons (Fsp3) is 0.261. The summed E-state index contributed by atoms with van der Waals surface area (Å²) in [5, 5.41) is 0. The molecule has 0 atom stereocenters. The van der Waals surface area contributed by atoms with Crippen molar-refractivity contribution >= 4 is 21.8 Å². The van der Waals surface area contributed by atoms with E-state index in [-0.39, 0.29) is 27.4 Å². The third kappa shape index (κ3) is 5.51. The van der Waals surface area contributed by atoms with E-state index in [2.05, 4.69) is 0 Å². The SMILES string of the molecule is [2H]C([2H])([2H])N(Cc1cc(-c2ccc(F)cc2F)n(S(=O)(=O)c2cccc(N)c2)c1)C(=O)OC(C)(C)C. The van der Waals surface area contributed by atoms with Crippen LogP contribution < -0.4 is 5.73 Å². The van der Waals surface area contributed by atoms with Crippen LogP contribution in [0.4, 0.5) is 19.3 Å². The van der Waals surface area contributed by atoms with Gasteiger partial charge in [-0.3, -0.25) is 0 Å². The Hall–Kier alpha value is -3.40. The molecule has 3 rings (SSSR count). The zero-order valence-electron chi connectivity index (χ0n) is 21.2. The van der Waals surface area contributed by atoms with Gasteiger partial charge in [-0.2, -0.15) is 0 Å². The van der Waals surface area contributed by atoms with Gasteiger partial charge in [0, 0.05) is 34.6 Å². The van der Waals surface area contributed by atoms with Gasteiger partial charge in [-0.25, -0.2) is 26.0 Å². The van der Waals surface area contributed by atoms with Gasteiger partial charge in [0.2, 0.25) is 0 Å². The van der Waals surface area contributed by atoms with Crippen LogP contribution in [0.5, 0.6) is 0 Å². The molecule has 0 aliphatic rings. The van der Waals surface area contributed by atoms with Crippen molar-refractivity contribution in [1.82, 2.24) is 8.87 Å². The Morgan fingerprint density at radius 3 is 2.52 bits per heavy atom. The highest BCUT2D eigenvalue weighted by Gasteiger charge is 2.25. The van der Waals surface area contributed by atoms with Crippen LogP contribution in [-0.2, 0) is 21.3 Å². The van der Waals surface area contributed by atoms with E-state index >= 15 is 0 Å². The second-order valence-corrected chi connectivity index (χ2v) is 10.1. The fourth-order valence-corrected chi connectivity index (χ4v) is 4.48. The lowest BCUT2D eigenvalue weighted by molar-refractivity contribution is 0.0285. The molecule has 1 amide bonds.